The van der Waals surface area contributed by atoms with Gasteiger partial charge in [0, 0.05) is 12.6 Å². The number of nitrogens with zero attached hydrogens (tertiary/aromatic N) is 2. The minimum absolute atomic E-state index is 0.211. The molecule has 1 aromatic carbocycles. The first-order valence-electron chi connectivity index (χ1n) is 7.28. The molecule has 2 heterocycles. The van der Waals surface area contributed by atoms with Crippen molar-refractivity contribution in [3.05, 3.63) is 53.1 Å². The second-order valence-corrected chi connectivity index (χ2v) is 5.31. The summed E-state index contributed by atoms with van der Waals surface area (Å²) in [6.45, 7) is 0.687. The third-order valence-corrected chi connectivity index (χ3v) is 3.92. The zero-order chi connectivity index (χ0) is 16.4. The van der Waals surface area contributed by atoms with E-state index in [2.05, 4.69) is 4.98 Å². The molecular formula is C17H18N2O4. The van der Waals surface area contributed by atoms with Gasteiger partial charge in [-0.3, -0.25) is 4.79 Å². The minimum Gasteiger partial charge on any atom is -0.481 e. The van der Waals surface area contributed by atoms with E-state index in [-0.39, 0.29) is 18.3 Å². The summed E-state index contributed by atoms with van der Waals surface area (Å²) < 4.78 is 10.2. The number of carbonyl (C=O) groups excluding carboxylic acids is 1. The molecule has 1 amide bonds. The van der Waals surface area contributed by atoms with E-state index in [0.29, 0.717) is 18.0 Å². The summed E-state index contributed by atoms with van der Waals surface area (Å²) in [6, 6.07) is 10.8. The van der Waals surface area contributed by atoms with E-state index in [1.54, 1.807) is 17.0 Å². The molecule has 1 atom stereocenters. The van der Waals surface area contributed by atoms with Crippen LogP contribution in [0.3, 0.4) is 0 Å². The average Bonchev–Trinajstić information content (AvgIpc) is 2.60. The molecule has 1 N–H and O–H groups in total. The minimum atomic E-state index is -0.693. The van der Waals surface area contributed by atoms with Gasteiger partial charge in [0.25, 0.3) is 5.91 Å². The maximum atomic E-state index is 12.8. The van der Waals surface area contributed by atoms with Gasteiger partial charge >= 0.3 is 0 Å². The summed E-state index contributed by atoms with van der Waals surface area (Å²) in [6.07, 6.45) is -0.693. The van der Waals surface area contributed by atoms with Crippen molar-refractivity contribution in [1.82, 2.24) is 9.88 Å². The van der Waals surface area contributed by atoms with Crippen LogP contribution in [0.15, 0.2) is 36.4 Å². The molecule has 1 aliphatic rings. The number of fused-ring (bicyclic) bond motifs is 1. The SMILES string of the molecule is COc1ccc(C(=O)N2Cc3ccccc3[C@@H](O)C2)c(OC)n1. The maximum Gasteiger partial charge on any atom is 0.259 e. The van der Waals surface area contributed by atoms with Gasteiger partial charge in [0.1, 0.15) is 5.56 Å². The summed E-state index contributed by atoms with van der Waals surface area (Å²) in [7, 11) is 2.96. The molecule has 6 heteroatoms. The van der Waals surface area contributed by atoms with Gasteiger partial charge in [-0.15, -0.1) is 0 Å². The fraction of sp³-hybridized carbons (Fsp3) is 0.294. The molecule has 0 radical (unpaired) electrons. The molecule has 0 unspecified atom stereocenters. The number of hydrogen-bond donors (Lipinski definition) is 1. The summed E-state index contributed by atoms with van der Waals surface area (Å²) in [5.74, 6) is 0.357. The number of aromatic nitrogens is 1. The highest BCUT2D eigenvalue weighted by Crippen LogP contribution is 2.29. The monoisotopic (exact) mass is 314 g/mol. The largest absolute Gasteiger partial charge is 0.481 e. The van der Waals surface area contributed by atoms with Crippen molar-refractivity contribution in [2.45, 2.75) is 12.6 Å². The average molecular weight is 314 g/mol. The first-order valence-corrected chi connectivity index (χ1v) is 7.28. The Kier molecular flexibility index (Phi) is 4.16. The number of aliphatic hydroxyl groups excluding tert-OH is 1. The van der Waals surface area contributed by atoms with Crippen molar-refractivity contribution in [1.29, 1.82) is 0 Å². The topological polar surface area (TPSA) is 71.9 Å². The van der Waals surface area contributed by atoms with E-state index >= 15 is 0 Å². The van der Waals surface area contributed by atoms with Crippen LogP contribution in [0.2, 0.25) is 0 Å². The zero-order valence-electron chi connectivity index (χ0n) is 13.0. The van der Waals surface area contributed by atoms with Crippen molar-refractivity contribution in [2.24, 2.45) is 0 Å². The van der Waals surface area contributed by atoms with Crippen LogP contribution in [0.1, 0.15) is 27.6 Å². The lowest BCUT2D eigenvalue weighted by Crippen LogP contribution is -2.38. The number of β-amino-alcohol motifs (C(OH)–C–C–N with tert-alkyl or cyclic N) is 1. The van der Waals surface area contributed by atoms with Gasteiger partial charge in [0.05, 0.1) is 26.9 Å². The molecule has 120 valence electrons. The van der Waals surface area contributed by atoms with E-state index in [1.165, 1.54) is 14.2 Å². The van der Waals surface area contributed by atoms with Gasteiger partial charge in [-0.25, -0.2) is 0 Å². The van der Waals surface area contributed by atoms with E-state index in [1.807, 2.05) is 24.3 Å². The Hall–Kier alpha value is -2.60. The van der Waals surface area contributed by atoms with Gasteiger partial charge in [0.2, 0.25) is 11.8 Å². The van der Waals surface area contributed by atoms with E-state index in [9.17, 15) is 9.90 Å². The van der Waals surface area contributed by atoms with Crippen molar-refractivity contribution in [2.75, 3.05) is 20.8 Å². The number of hydrogen-bond acceptors (Lipinski definition) is 5. The number of benzene rings is 1. The van der Waals surface area contributed by atoms with Crippen molar-refractivity contribution in [3.8, 4) is 11.8 Å². The number of aliphatic hydroxyl groups is 1. The first kappa shape index (κ1) is 15.3. The molecule has 3 rings (SSSR count). The second-order valence-electron chi connectivity index (χ2n) is 5.31. The Balaban J connectivity index is 1.90. The smallest absolute Gasteiger partial charge is 0.259 e. The summed E-state index contributed by atoms with van der Waals surface area (Å²) in [4.78, 5) is 18.5. The number of ether oxygens (including phenoxy) is 2. The molecule has 0 aliphatic carbocycles. The highest BCUT2D eigenvalue weighted by atomic mass is 16.5. The molecule has 0 fully saturated rings. The number of carbonyl (C=O) groups is 1. The standard InChI is InChI=1S/C17H18N2O4/c1-22-15-8-7-13(16(18-15)23-2)17(21)19-9-11-5-3-4-6-12(11)14(20)10-19/h3-8,14,20H,9-10H2,1-2H3/t14-/m0/s1. The van der Waals surface area contributed by atoms with Crippen LogP contribution < -0.4 is 9.47 Å². The zero-order valence-corrected chi connectivity index (χ0v) is 13.0. The van der Waals surface area contributed by atoms with Crippen LogP contribution in [0.25, 0.3) is 0 Å². The second kappa shape index (κ2) is 6.26. The molecular weight excluding hydrogens is 296 g/mol. The lowest BCUT2D eigenvalue weighted by Gasteiger charge is -2.32. The van der Waals surface area contributed by atoms with Gasteiger partial charge < -0.3 is 19.5 Å². The van der Waals surface area contributed by atoms with Crippen LogP contribution >= 0.6 is 0 Å². The normalized spacial score (nSPS) is 16.7. The summed E-state index contributed by atoms with van der Waals surface area (Å²) >= 11 is 0. The van der Waals surface area contributed by atoms with Crippen molar-refractivity contribution in [3.63, 3.8) is 0 Å². The molecule has 0 saturated heterocycles. The Morgan fingerprint density at radius 1 is 1.22 bits per heavy atom. The predicted octanol–water partition coefficient (Wildman–Crippen LogP) is 1.79. The van der Waals surface area contributed by atoms with Gasteiger partial charge in [0.15, 0.2) is 0 Å². The van der Waals surface area contributed by atoms with Crippen LogP contribution in [-0.4, -0.2) is 41.7 Å². The Morgan fingerprint density at radius 2 is 2.00 bits per heavy atom. The fourth-order valence-corrected chi connectivity index (χ4v) is 2.76. The lowest BCUT2D eigenvalue weighted by molar-refractivity contribution is 0.0546. The Bertz CT molecular complexity index is 732. The molecule has 6 nitrogen and oxygen atoms in total. The van der Waals surface area contributed by atoms with Crippen molar-refractivity contribution < 1.29 is 19.4 Å². The first-order chi connectivity index (χ1) is 11.1. The summed E-state index contributed by atoms with van der Waals surface area (Å²) in [5.41, 5.74) is 2.16. The predicted molar refractivity (Wildman–Crippen MR) is 83.5 cm³/mol. The molecule has 0 saturated carbocycles. The van der Waals surface area contributed by atoms with Gasteiger partial charge in [-0.2, -0.15) is 4.98 Å². The van der Waals surface area contributed by atoms with Crippen LogP contribution in [0.4, 0.5) is 0 Å². The molecule has 23 heavy (non-hydrogen) atoms. The quantitative estimate of drug-likeness (QED) is 0.935. The highest BCUT2D eigenvalue weighted by molar-refractivity contribution is 5.96. The molecule has 1 aliphatic heterocycles. The van der Waals surface area contributed by atoms with Crippen LogP contribution in [0, 0.1) is 0 Å². The highest BCUT2D eigenvalue weighted by Gasteiger charge is 2.29. The number of pyridine rings is 1. The molecule has 2 aromatic rings. The third kappa shape index (κ3) is 2.85. The van der Waals surface area contributed by atoms with E-state index in [4.69, 9.17) is 9.47 Å². The van der Waals surface area contributed by atoms with Crippen molar-refractivity contribution >= 4 is 5.91 Å². The van der Waals surface area contributed by atoms with Crippen LogP contribution in [-0.2, 0) is 6.54 Å². The Labute approximate surface area is 134 Å². The molecule has 0 spiro atoms. The van der Waals surface area contributed by atoms with Gasteiger partial charge in [-0.1, -0.05) is 24.3 Å². The lowest BCUT2D eigenvalue weighted by atomic mass is 9.97. The van der Waals surface area contributed by atoms with E-state index < -0.39 is 6.10 Å². The number of methoxy groups -OCH3 is 2. The molecule has 1 aromatic heterocycles. The van der Waals surface area contributed by atoms with Gasteiger partial charge in [-0.05, 0) is 17.2 Å². The number of rotatable bonds is 3. The Morgan fingerprint density at radius 3 is 2.74 bits per heavy atom. The third-order valence-electron chi connectivity index (χ3n) is 3.92. The van der Waals surface area contributed by atoms with Crippen LogP contribution in [0.5, 0.6) is 11.8 Å². The molecule has 0 bridgehead atoms. The van der Waals surface area contributed by atoms with E-state index in [0.717, 1.165) is 11.1 Å². The fourth-order valence-electron chi connectivity index (χ4n) is 2.76. The summed E-state index contributed by atoms with van der Waals surface area (Å²) in [5, 5.41) is 10.3. The maximum absolute atomic E-state index is 12.8. The number of amides is 1.